The minimum absolute atomic E-state index is 0.681. The normalized spacial score (nSPS) is 19.8. The van der Waals surface area contributed by atoms with Crippen LogP contribution in [-0.2, 0) is 6.54 Å². The average molecular weight is 284 g/mol. The molecule has 0 bridgehead atoms. The molecule has 1 aromatic carbocycles. The number of likely N-dealkylation sites (tertiary alicyclic amines) is 1. The number of piperidine rings is 1. The third kappa shape index (κ3) is 3.50. The van der Waals surface area contributed by atoms with Crippen molar-refractivity contribution in [2.45, 2.75) is 39.2 Å². The molecule has 2 heterocycles. The maximum Gasteiger partial charge on any atom is 0.129 e. The molecule has 1 saturated heterocycles. The van der Waals surface area contributed by atoms with Crippen LogP contribution >= 0.6 is 0 Å². The zero-order chi connectivity index (χ0) is 14.7. The molecule has 1 atom stereocenters. The van der Waals surface area contributed by atoms with E-state index in [1.807, 2.05) is 13.3 Å². The minimum atomic E-state index is 0.681. The zero-order valence-electron chi connectivity index (χ0n) is 13.0. The summed E-state index contributed by atoms with van der Waals surface area (Å²) in [5.41, 5.74) is 2.87. The van der Waals surface area contributed by atoms with Crippen LogP contribution in [0.5, 0.6) is 0 Å². The second-order valence-electron chi connectivity index (χ2n) is 6.13. The Balaban J connectivity index is 1.59. The van der Waals surface area contributed by atoms with Gasteiger partial charge >= 0.3 is 0 Å². The van der Waals surface area contributed by atoms with Gasteiger partial charge in [0.2, 0.25) is 0 Å². The first kappa shape index (κ1) is 14.3. The standard InChI is InChI=1S/C17H24N4/c1-14-5-3-6-16(11-14)17-7-4-8-20(12-17)9-10-21-13-18-19-15(21)2/h3,5-6,11,13,17H,4,7-10,12H2,1-2H3/t17-/m1/s1. The van der Waals surface area contributed by atoms with Gasteiger partial charge in [0, 0.05) is 19.6 Å². The lowest BCUT2D eigenvalue weighted by Crippen LogP contribution is -2.36. The highest BCUT2D eigenvalue weighted by molar-refractivity contribution is 5.26. The Bertz CT molecular complexity index is 590. The summed E-state index contributed by atoms with van der Waals surface area (Å²) in [6.07, 6.45) is 4.43. The molecular formula is C17H24N4. The first-order valence-corrected chi connectivity index (χ1v) is 7.86. The highest BCUT2D eigenvalue weighted by atomic mass is 15.3. The third-order valence-electron chi connectivity index (χ3n) is 4.49. The monoisotopic (exact) mass is 284 g/mol. The second-order valence-corrected chi connectivity index (χ2v) is 6.13. The molecule has 21 heavy (non-hydrogen) atoms. The van der Waals surface area contributed by atoms with Gasteiger partial charge in [-0.15, -0.1) is 10.2 Å². The molecule has 3 rings (SSSR count). The lowest BCUT2D eigenvalue weighted by Gasteiger charge is -2.33. The second kappa shape index (κ2) is 6.39. The molecule has 0 N–H and O–H groups in total. The third-order valence-corrected chi connectivity index (χ3v) is 4.49. The molecule has 1 aromatic heterocycles. The van der Waals surface area contributed by atoms with Crippen molar-refractivity contribution in [2.75, 3.05) is 19.6 Å². The zero-order valence-corrected chi connectivity index (χ0v) is 13.0. The lowest BCUT2D eigenvalue weighted by atomic mass is 9.90. The van der Waals surface area contributed by atoms with Crippen molar-refractivity contribution in [3.05, 3.63) is 47.5 Å². The number of aromatic nitrogens is 3. The Morgan fingerprint density at radius 3 is 2.90 bits per heavy atom. The molecule has 0 saturated carbocycles. The van der Waals surface area contributed by atoms with Crippen LogP contribution in [0, 0.1) is 13.8 Å². The number of hydrogen-bond donors (Lipinski definition) is 0. The van der Waals surface area contributed by atoms with E-state index in [9.17, 15) is 0 Å². The number of aryl methyl sites for hydroxylation is 2. The average Bonchev–Trinajstić information content (AvgIpc) is 2.91. The summed E-state index contributed by atoms with van der Waals surface area (Å²) in [4.78, 5) is 2.58. The van der Waals surface area contributed by atoms with Crippen molar-refractivity contribution in [1.82, 2.24) is 19.7 Å². The minimum Gasteiger partial charge on any atom is -0.317 e. The maximum absolute atomic E-state index is 4.05. The molecule has 1 aliphatic rings. The van der Waals surface area contributed by atoms with E-state index < -0.39 is 0 Å². The first-order valence-electron chi connectivity index (χ1n) is 7.86. The molecule has 0 radical (unpaired) electrons. The predicted octanol–water partition coefficient (Wildman–Crippen LogP) is 2.77. The molecule has 4 heteroatoms. The molecule has 0 unspecified atom stereocenters. The molecule has 0 aliphatic carbocycles. The van der Waals surface area contributed by atoms with Gasteiger partial charge in [0.25, 0.3) is 0 Å². The fourth-order valence-electron chi connectivity index (χ4n) is 3.24. The topological polar surface area (TPSA) is 34.0 Å². The van der Waals surface area contributed by atoms with Crippen LogP contribution in [-0.4, -0.2) is 39.3 Å². The summed E-state index contributed by atoms with van der Waals surface area (Å²) < 4.78 is 2.14. The summed E-state index contributed by atoms with van der Waals surface area (Å²) in [5.74, 6) is 1.68. The van der Waals surface area contributed by atoms with Crippen molar-refractivity contribution < 1.29 is 0 Å². The van der Waals surface area contributed by atoms with Crippen LogP contribution in [0.1, 0.15) is 35.7 Å². The highest BCUT2D eigenvalue weighted by Crippen LogP contribution is 2.27. The number of nitrogens with zero attached hydrogens (tertiary/aromatic N) is 4. The lowest BCUT2D eigenvalue weighted by molar-refractivity contribution is 0.200. The predicted molar refractivity (Wildman–Crippen MR) is 84.4 cm³/mol. The molecule has 4 nitrogen and oxygen atoms in total. The van der Waals surface area contributed by atoms with E-state index in [0.717, 1.165) is 18.9 Å². The highest BCUT2D eigenvalue weighted by Gasteiger charge is 2.21. The number of hydrogen-bond acceptors (Lipinski definition) is 3. The van der Waals surface area contributed by atoms with Gasteiger partial charge in [-0.1, -0.05) is 29.8 Å². The van der Waals surface area contributed by atoms with Gasteiger partial charge in [-0.2, -0.15) is 0 Å². The van der Waals surface area contributed by atoms with Gasteiger partial charge in [0.15, 0.2) is 0 Å². The molecule has 0 amide bonds. The Kier molecular flexibility index (Phi) is 4.34. The summed E-state index contributed by atoms with van der Waals surface area (Å²) >= 11 is 0. The van der Waals surface area contributed by atoms with E-state index >= 15 is 0 Å². The van der Waals surface area contributed by atoms with Crippen LogP contribution in [0.25, 0.3) is 0 Å². The summed E-state index contributed by atoms with van der Waals surface area (Å²) in [6.45, 7) is 8.65. The van der Waals surface area contributed by atoms with Crippen molar-refractivity contribution in [2.24, 2.45) is 0 Å². The van der Waals surface area contributed by atoms with Crippen LogP contribution in [0.2, 0.25) is 0 Å². The van der Waals surface area contributed by atoms with E-state index in [1.165, 1.54) is 37.1 Å². The van der Waals surface area contributed by atoms with E-state index in [1.54, 1.807) is 0 Å². The van der Waals surface area contributed by atoms with Crippen molar-refractivity contribution in [3.63, 3.8) is 0 Å². The Morgan fingerprint density at radius 2 is 2.14 bits per heavy atom. The molecule has 2 aromatic rings. The number of benzene rings is 1. The maximum atomic E-state index is 4.05. The Labute approximate surface area is 126 Å². The molecule has 1 fully saturated rings. The summed E-state index contributed by atoms with van der Waals surface area (Å²) in [6, 6.07) is 8.99. The van der Waals surface area contributed by atoms with E-state index in [4.69, 9.17) is 0 Å². The Hall–Kier alpha value is -1.68. The molecule has 1 aliphatic heterocycles. The smallest absolute Gasteiger partial charge is 0.129 e. The fraction of sp³-hybridized carbons (Fsp3) is 0.529. The molecule has 112 valence electrons. The SMILES string of the molecule is Cc1cccc([C@@H]2CCCN(CCn3cnnc3C)C2)c1. The van der Waals surface area contributed by atoms with Crippen LogP contribution < -0.4 is 0 Å². The largest absolute Gasteiger partial charge is 0.317 e. The first-order chi connectivity index (χ1) is 10.2. The van der Waals surface area contributed by atoms with Gasteiger partial charge in [-0.05, 0) is 44.7 Å². The van der Waals surface area contributed by atoms with Crippen LogP contribution in [0.3, 0.4) is 0 Å². The van der Waals surface area contributed by atoms with Crippen molar-refractivity contribution >= 4 is 0 Å². The summed E-state index contributed by atoms with van der Waals surface area (Å²) in [7, 11) is 0. The number of rotatable bonds is 4. The molecular weight excluding hydrogens is 260 g/mol. The van der Waals surface area contributed by atoms with Gasteiger partial charge in [0.1, 0.15) is 12.2 Å². The fourth-order valence-corrected chi connectivity index (χ4v) is 3.24. The van der Waals surface area contributed by atoms with E-state index in [0.29, 0.717) is 5.92 Å². The van der Waals surface area contributed by atoms with Crippen LogP contribution in [0.4, 0.5) is 0 Å². The van der Waals surface area contributed by atoms with Gasteiger partial charge in [-0.25, -0.2) is 0 Å². The molecule has 0 spiro atoms. The van der Waals surface area contributed by atoms with Gasteiger partial charge in [0.05, 0.1) is 0 Å². The van der Waals surface area contributed by atoms with E-state index in [-0.39, 0.29) is 0 Å². The summed E-state index contributed by atoms with van der Waals surface area (Å²) in [5, 5.41) is 8.00. The van der Waals surface area contributed by atoms with E-state index in [2.05, 4.69) is 50.9 Å². The Morgan fingerprint density at radius 1 is 1.24 bits per heavy atom. The quantitative estimate of drug-likeness (QED) is 0.865. The van der Waals surface area contributed by atoms with Gasteiger partial charge in [-0.3, -0.25) is 0 Å². The van der Waals surface area contributed by atoms with Crippen molar-refractivity contribution in [3.8, 4) is 0 Å². The van der Waals surface area contributed by atoms with Gasteiger partial charge < -0.3 is 9.47 Å². The van der Waals surface area contributed by atoms with Crippen molar-refractivity contribution in [1.29, 1.82) is 0 Å². The van der Waals surface area contributed by atoms with Crippen LogP contribution in [0.15, 0.2) is 30.6 Å².